The molecule has 1 atom stereocenters. The van der Waals surface area contributed by atoms with E-state index in [1.54, 1.807) is 0 Å². The van der Waals surface area contributed by atoms with Crippen LogP contribution in [0.25, 0.3) is 10.9 Å². The fourth-order valence-electron chi connectivity index (χ4n) is 1.68. The SMILES string of the molecule is COCC(N)C(=O)Nc1n[nH]c2ccc([N+](=O)[O-])cc12.Cl. The van der Waals surface area contributed by atoms with Crippen LogP contribution in [-0.4, -0.2) is 40.8 Å². The summed E-state index contributed by atoms with van der Waals surface area (Å²) in [6, 6.07) is 3.36. The molecule has 0 radical (unpaired) electrons. The Bertz CT molecular complexity index is 659. The molecule has 0 aliphatic heterocycles. The van der Waals surface area contributed by atoms with Gasteiger partial charge >= 0.3 is 0 Å². The summed E-state index contributed by atoms with van der Waals surface area (Å²) in [5.74, 6) is -0.285. The number of nitrogens with two attached hydrogens (primary N) is 1. The predicted octanol–water partition coefficient (Wildman–Crippen LogP) is 0.805. The van der Waals surface area contributed by atoms with E-state index in [0.29, 0.717) is 10.9 Å². The minimum Gasteiger partial charge on any atom is -0.383 e. The van der Waals surface area contributed by atoms with Gasteiger partial charge in [-0.2, -0.15) is 5.10 Å². The summed E-state index contributed by atoms with van der Waals surface area (Å²) in [5, 5.41) is 20.3. The zero-order valence-electron chi connectivity index (χ0n) is 11.0. The Hall–Kier alpha value is -2.23. The molecule has 10 heteroatoms. The summed E-state index contributed by atoms with van der Waals surface area (Å²) in [6.45, 7) is 0.0638. The Balaban J connectivity index is 0.00000220. The summed E-state index contributed by atoms with van der Waals surface area (Å²) in [7, 11) is 1.43. The topological polar surface area (TPSA) is 136 Å². The molecule has 0 fully saturated rings. The highest BCUT2D eigenvalue weighted by molar-refractivity contribution is 6.02. The highest BCUT2D eigenvalue weighted by atomic mass is 35.5. The molecule has 1 unspecified atom stereocenters. The Morgan fingerprint density at radius 2 is 2.33 bits per heavy atom. The number of benzene rings is 1. The van der Waals surface area contributed by atoms with Gasteiger partial charge in [-0.3, -0.25) is 20.0 Å². The van der Waals surface area contributed by atoms with E-state index in [4.69, 9.17) is 10.5 Å². The fraction of sp³-hybridized carbons (Fsp3) is 0.273. The second-order valence-electron chi connectivity index (χ2n) is 4.11. The minimum absolute atomic E-state index is 0. The van der Waals surface area contributed by atoms with Gasteiger partial charge < -0.3 is 15.8 Å². The van der Waals surface area contributed by atoms with Gasteiger partial charge in [0.05, 0.1) is 22.4 Å². The van der Waals surface area contributed by atoms with Crippen molar-refractivity contribution >= 4 is 40.7 Å². The van der Waals surface area contributed by atoms with Gasteiger partial charge in [0.25, 0.3) is 5.69 Å². The number of nitrogens with zero attached hydrogens (tertiary/aromatic N) is 2. The van der Waals surface area contributed by atoms with Crippen LogP contribution in [0.3, 0.4) is 0 Å². The van der Waals surface area contributed by atoms with Crippen LogP contribution in [0.2, 0.25) is 0 Å². The van der Waals surface area contributed by atoms with Crippen LogP contribution in [0.15, 0.2) is 18.2 Å². The molecular weight excluding hydrogens is 302 g/mol. The number of nitro benzene ring substituents is 1. The third kappa shape index (κ3) is 3.66. The number of non-ortho nitro benzene ring substituents is 1. The van der Waals surface area contributed by atoms with E-state index in [9.17, 15) is 14.9 Å². The zero-order chi connectivity index (χ0) is 14.7. The lowest BCUT2D eigenvalue weighted by Gasteiger charge is -2.09. The Morgan fingerprint density at radius 3 is 2.95 bits per heavy atom. The lowest BCUT2D eigenvalue weighted by molar-refractivity contribution is -0.384. The van der Waals surface area contributed by atoms with Crippen LogP contribution in [0.5, 0.6) is 0 Å². The Morgan fingerprint density at radius 1 is 1.62 bits per heavy atom. The molecule has 0 bridgehead atoms. The Labute approximate surface area is 125 Å². The second-order valence-corrected chi connectivity index (χ2v) is 4.11. The van der Waals surface area contributed by atoms with Crippen LogP contribution < -0.4 is 11.1 Å². The molecule has 1 aromatic heterocycles. The highest BCUT2D eigenvalue weighted by Crippen LogP contribution is 2.25. The minimum atomic E-state index is -0.842. The van der Waals surface area contributed by atoms with Crippen molar-refractivity contribution in [2.45, 2.75) is 6.04 Å². The summed E-state index contributed by atoms with van der Waals surface area (Å²) < 4.78 is 4.78. The second kappa shape index (κ2) is 6.97. The molecular formula is C11H14ClN5O4. The number of halogens is 1. The smallest absolute Gasteiger partial charge is 0.270 e. The molecule has 0 saturated carbocycles. The molecule has 2 aromatic rings. The maximum Gasteiger partial charge on any atom is 0.270 e. The number of carbonyl (C=O) groups excluding carboxylic acids is 1. The van der Waals surface area contributed by atoms with E-state index >= 15 is 0 Å². The lowest BCUT2D eigenvalue weighted by atomic mass is 10.2. The molecule has 2 rings (SSSR count). The molecule has 9 nitrogen and oxygen atoms in total. The number of nitro groups is 1. The summed E-state index contributed by atoms with van der Waals surface area (Å²) in [4.78, 5) is 22.0. The third-order valence-electron chi connectivity index (χ3n) is 2.68. The maximum atomic E-state index is 11.8. The van der Waals surface area contributed by atoms with Crippen LogP contribution in [-0.2, 0) is 9.53 Å². The van der Waals surface area contributed by atoms with E-state index < -0.39 is 16.9 Å². The molecule has 1 heterocycles. The predicted molar refractivity (Wildman–Crippen MR) is 78.5 cm³/mol. The van der Waals surface area contributed by atoms with Gasteiger partial charge in [0, 0.05) is 19.2 Å². The number of ether oxygens (including phenoxy) is 1. The number of H-pyrrole nitrogens is 1. The van der Waals surface area contributed by atoms with Gasteiger partial charge in [0.1, 0.15) is 6.04 Å². The number of aromatic nitrogens is 2. The highest BCUT2D eigenvalue weighted by Gasteiger charge is 2.17. The number of nitrogens with one attached hydrogen (secondary N) is 2. The quantitative estimate of drug-likeness (QED) is 0.551. The number of rotatable bonds is 5. The largest absolute Gasteiger partial charge is 0.383 e. The maximum absolute atomic E-state index is 11.8. The van der Waals surface area contributed by atoms with Crippen molar-refractivity contribution in [2.24, 2.45) is 5.73 Å². The van der Waals surface area contributed by atoms with E-state index in [2.05, 4.69) is 15.5 Å². The van der Waals surface area contributed by atoms with Crippen LogP contribution in [0, 0.1) is 10.1 Å². The molecule has 114 valence electrons. The standard InChI is InChI=1S/C11H13N5O4.ClH/c1-20-5-8(12)11(17)13-10-7-4-6(16(18)19)2-3-9(7)14-15-10;/h2-4,8H,5,12H2,1H3,(H2,13,14,15,17);1H. The number of anilines is 1. The first-order valence-corrected chi connectivity index (χ1v) is 5.71. The van der Waals surface area contributed by atoms with Crippen LogP contribution in [0.4, 0.5) is 11.5 Å². The van der Waals surface area contributed by atoms with Crippen molar-refractivity contribution < 1.29 is 14.5 Å². The molecule has 21 heavy (non-hydrogen) atoms. The van der Waals surface area contributed by atoms with Crippen molar-refractivity contribution in [3.05, 3.63) is 28.3 Å². The first-order chi connectivity index (χ1) is 9.52. The van der Waals surface area contributed by atoms with Gasteiger partial charge in [-0.25, -0.2) is 0 Å². The number of hydrogen-bond donors (Lipinski definition) is 3. The van der Waals surface area contributed by atoms with Crippen molar-refractivity contribution in [3.8, 4) is 0 Å². The van der Waals surface area contributed by atoms with Gasteiger partial charge in [-0.15, -0.1) is 12.4 Å². The number of methoxy groups -OCH3 is 1. The molecule has 4 N–H and O–H groups in total. The number of amides is 1. The van der Waals surface area contributed by atoms with Gasteiger partial charge in [0.15, 0.2) is 5.82 Å². The van der Waals surface area contributed by atoms with Crippen molar-refractivity contribution in [1.82, 2.24) is 10.2 Å². The molecule has 0 saturated heterocycles. The summed E-state index contributed by atoms with van der Waals surface area (Å²) >= 11 is 0. The Kier molecular flexibility index (Phi) is 5.59. The van der Waals surface area contributed by atoms with Gasteiger partial charge in [-0.1, -0.05) is 0 Å². The number of hydrogen-bond acceptors (Lipinski definition) is 6. The first-order valence-electron chi connectivity index (χ1n) is 5.71. The van der Waals surface area contributed by atoms with E-state index in [1.165, 1.54) is 25.3 Å². The van der Waals surface area contributed by atoms with Crippen LogP contribution >= 0.6 is 12.4 Å². The van der Waals surface area contributed by atoms with Crippen molar-refractivity contribution in [3.63, 3.8) is 0 Å². The van der Waals surface area contributed by atoms with Gasteiger partial charge in [0.2, 0.25) is 5.91 Å². The first kappa shape index (κ1) is 16.8. The molecule has 1 aromatic carbocycles. The van der Waals surface area contributed by atoms with Crippen LogP contribution in [0.1, 0.15) is 0 Å². The third-order valence-corrected chi connectivity index (χ3v) is 2.68. The van der Waals surface area contributed by atoms with Crippen molar-refractivity contribution in [2.75, 3.05) is 19.0 Å². The van der Waals surface area contributed by atoms with E-state index in [0.717, 1.165) is 0 Å². The zero-order valence-corrected chi connectivity index (χ0v) is 11.8. The normalized spacial score (nSPS) is 11.7. The summed E-state index contributed by atoms with van der Waals surface area (Å²) in [6.07, 6.45) is 0. The fourth-order valence-corrected chi connectivity index (χ4v) is 1.68. The summed E-state index contributed by atoms with van der Waals surface area (Å²) in [5.41, 5.74) is 6.07. The monoisotopic (exact) mass is 315 g/mol. The number of fused-ring (bicyclic) bond motifs is 1. The molecule has 0 aliphatic carbocycles. The average Bonchev–Trinajstić information content (AvgIpc) is 2.81. The average molecular weight is 316 g/mol. The van der Waals surface area contributed by atoms with E-state index in [1.807, 2.05) is 0 Å². The van der Waals surface area contributed by atoms with Crippen molar-refractivity contribution in [1.29, 1.82) is 0 Å². The number of carbonyl (C=O) groups is 1. The molecule has 0 spiro atoms. The lowest BCUT2D eigenvalue weighted by Crippen LogP contribution is -2.39. The molecule has 1 amide bonds. The molecule has 0 aliphatic rings. The van der Waals surface area contributed by atoms with Gasteiger partial charge in [-0.05, 0) is 6.07 Å². The number of aromatic amines is 1. The van der Waals surface area contributed by atoms with E-state index in [-0.39, 0.29) is 30.5 Å².